The summed E-state index contributed by atoms with van der Waals surface area (Å²) in [5, 5.41) is 4.19. The maximum Gasteiger partial charge on any atom is 0.244 e. The molecular formula is C20H25N5O2. The van der Waals surface area contributed by atoms with E-state index in [-0.39, 0.29) is 12.5 Å². The summed E-state index contributed by atoms with van der Waals surface area (Å²) in [6.45, 7) is 3.92. The van der Waals surface area contributed by atoms with E-state index in [2.05, 4.69) is 10.1 Å². The minimum Gasteiger partial charge on any atom is -0.360 e. The SMILES string of the molecule is Cc1cnn(CC(=O)N2CC3(C2)OCc2nc(C4CCCCC4)ncc23)c1. The Labute approximate surface area is 158 Å². The summed E-state index contributed by atoms with van der Waals surface area (Å²) in [5.41, 5.74) is 2.74. The van der Waals surface area contributed by atoms with Gasteiger partial charge in [0.15, 0.2) is 0 Å². The number of carbonyl (C=O) groups is 1. The van der Waals surface area contributed by atoms with Crippen LogP contribution in [0.25, 0.3) is 0 Å². The zero-order valence-corrected chi connectivity index (χ0v) is 15.7. The lowest BCUT2D eigenvalue weighted by Gasteiger charge is -2.47. The highest BCUT2D eigenvalue weighted by atomic mass is 16.5. The molecule has 1 saturated heterocycles. The van der Waals surface area contributed by atoms with Gasteiger partial charge < -0.3 is 9.64 Å². The van der Waals surface area contributed by atoms with Crippen LogP contribution < -0.4 is 0 Å². The van der Waals surface area contributed by atoms with Gasteiger partial charge in [-0.2, -0.15) is 5.10 Å². The van der Waals surface area contributed by atoms with E-state index in [0.29, 0.717) is 25.6 Å². The molecule has 27 heavy (non-hydrogen) atoms. The number of likely N-dealkylation sites (tertiary alicyclic amines) is 1. The normalized spacial score (nSPS) is 21.3. The maximum absolute atomic E-state index is 12.5. The lowest BCUT2D eigenvalue weighted by molar-refractivity contribution is -0.169. The number of nitrogens with zero attached hydrogens (tertiary/aromatic N) is 5. The summed E-state index contributed by atoms with van der Waals surface area (Å²) < 4.78 is 7.79. The lowest BCUT2D eigenvalue weighted by Crippen LogP contribution is -2.61. The average molecular weight is 367 g/mol. The first-order valence-corrected chi connectivity index (χ1v) is 9.90. The minimum absolute atomic E-state index is 0.0699. The average Bonchev–Trinajstić information content (AvgIpc) is 3.24. The molecule has 2 aliphatic heterocycles. The van der Waals surface area contributed by atoms with Gasteiger partial charge >= 0.3 is 0 Å². The van der Waals surface area contributed by atoms with Crippen molar-refractivity contribution in [3.63, 3.8) is 0 Å². The predicted octanol–water partition coefficient (Wildman–Crippen LogP) is 2.30. The predicted molar refractivity (Wildman–Crippen MR) is 97.9 cm³/mol. The van der Waals surface area contributed by atoms with E-state index >= 15 is 0 Å². The second-order valence-electron chi connectivity index (χ2n) is 8.17. The number of hydrogen-bond acceptors (Lipinski definition) is 5. The minimum atomic E-state index is -0.407. The first-order valence-electron chi connectivity index (χ1n) is 9.90. The number of aromatic nitrogens is 4. The maximum atomic E-state index is 12.5. The highest BCUT2D eigenvalue weighted by Gasteiger charge is 2.52. The van der Waals surface area contributed by atoms with Crippen molar-refractivity contribution in [3.8, 4) is 0 Å². The van der Waals surface area contributed by atoms with E-state index in [1.807, 2.05) is 24.2 Å². The van der Waals surface area contributed by atoms with Crippen molar-refractivity contribution < 1.29 is 9.53 Å². The van der Waals surface area contributed by atoms with Crippen LogP contribution in [-0.4, -0.2) is 43.6 Å². The Balaban J connectivity index is 1.26. The Morgan fingerprint density at radius 3 is 2.81 bits per heavy atom. The van der Waals surface area contributed by atoms with E-state index in [0.717, 1.165) is 22.6 Å². The van der Waals surface area contributed by atoms with E-state index < -0.39 is 5.60 Å². The van der Waals surface area contributed by atoms with Crippen molar-refractivity contribution in [2.45, 2.75) is 63.7 Å². The smallest absolute Gasteiger partial charge is 0.244 e. The molecule has 7 heteroatoms. The van der Waals surface area contributed by atoms with Gasteiger partial charge in [0.1, 0.15) is 18.0 Å². The molecule has 5 rings (SSSR count). The Hall–Kier alpha value is -2.28. The topological polar surface area (TPSA) is 73.1 Å². The van der Waals surface area contributed by atoms with Crippen LogP contribution in [-0.2, 0) is 28.3 Å². The van der Waals surface area contributed by atoms with E-state index in [1.54, 1.807) is 10.9 Å². The number of aryl methyl sites for hydroxylation is 1. The Morgan fingerprint density at radius 2 is 2.07 bits per heavy atom. The van der Waals surface area contributed by atoms with Gasteiger partial charge in [0.2, 0.25) is 5.91 Å². The van der Waals surface area contributed by atoms with E-state index in [4.69, 9.17) is 9.72 Å². The fraction of sp³-hybridized carbons (Fsp3) is 0.600. The Kier molecular flexibility index (Phi) is 4.00. The zero-order chi connectivity index (χ0) is 18.4. The van der Waals surface area contributed by atoms with Gasteiger partial charge in [-0.15, -0.1) is 0 Å². The summed E-state index contributed by atoms with van der Waals surface area (Å²) in [7, 11) is 0. The summed E-state index contributed by atoms with van der Waals surface area (Å²) >= 11 is 0. The highest BCUT2D eigenvalue weighted by molar-refractivity contribution is 5.77. The third-order valence-corrected chi connectivity index (χ3v) is 6.14. The van der Waals surface area contributed by atoms with Crippen molar-refractivity contribution in [1.82, 2.24) is 24.6 Å². The van der Waals surface area contributed by atoms with E-state index in [1.165, 1.54) is 32.1 Å². The molecule has 1 saturated carbocycles. The van der Waals surface area contributed by atoms with Crippen molar-refractivity contribution in [1.29, 1.82) is 0 Å². The first-order chi connectivity index (χ1) is 13.1. The lowest BCUT2D eigenvalue weighted by atomic mass is 9.86. The largest absolute Gasteiger partial charge is 0.360 e. The molecule has 0 radical (unpaired) electrons. The molecule has 1 spiro atoms. The molecule has 3 aliphatic rings. The molecule has 0 bridgehead atoms. The molecule has 2 aromatic rings. The van der Waals surface area contributed by atoms with Crippen LogP contribution in [0.2, 0.25) is 0 Å². The summed E-state index contributed by atoms with van der Waals surface area (Å²) in [4.78, 5) is 23.9. The first kappa shape index (κ1) is 16.9. The van der Waals surface area contributed by atoms with Gasteiger partial charge in [-0.1, -0.05) is 19.3 Å². The molecule has 4 heterocycles. The third-order valence-electron chi connectivity index (χ3n) is 6.14. The number of carbonyl (C=O) groups excluding carboxylic acids is 1. The Morgan fingerprint density at radius 1 is 1.26 bits per heavy atom. The van der Waals surface area contributed by atoms with Gasteiger partial charge in [-0.05, 0) is 25.3 Å². The van der Waals surface area contributed by atoms with Crippen LogP contribution in [0.1, 0.15) is 60.7 Å². The van der Waals surface area contributed by atoms with Crippen molar-refractivity contribution in [2.24, 2.45) is 0 Å². The van der Waals surface area contributed by atoms with E-state index in [9.17, 15) is 4.79 Å². The molecule has 0 N–H and O–H groups in total. The zero-order valence-electron chi connectivity index (χ0n) is 15.7. The molecule has 0 unspecified atom stereocenters. The molecule has 2 fully saturated rings. The number of hydrogen-bond donors (Lipinski definition) is 0. The van der Waals surface area contributed by atoms with Gasteiger partial charge in [0.25, 0.3) is 0 Å². The summed E-state index contributed by atoms with van der Waals surface area (Å²) in [6.07, 6.45) is 11.9. The van der Waals surface area contributed by atoms with Crippen molar-refractivity contribution >= 4 is 5.91 Å². The van der Waals surface area contributed by atoms with Crippen LogP contribution in [0.5, 0.6) is 0 Å². The highest BCUT2D eigenvalue weighted by Crippen LogP contribution is 2.43. The van der Waals surface area contributed by atoms with Crippen LogP contribution in [0.4, 0.5) is 0 Å². The molecule has 1 aliphatic carbocycles. The monoisotopic (exact) mass is 367 g/mol. The van der Waals surface area contributed by atoms with Crippen LogP contribution in [0.3, 0.4) is 0 Å². The van der Waals surface area contributed by atoms with Gasteiger partial charge in [-0.25, -0.2) is 9.97 Å². The fourth-order valence-electron chi connectivity index (χ4n) is 4.57. The van der Waals surface area contributed by atoms with Crippen LogP contribution in [0, 0.1) is 6.92 Å². The number of ether oxygens (including phenoxy) is 1. The third kappa shape index (κ3) is 2.94. The van der Waals surface area contributed by atoms with Crippen LogP contribution >= 0.6 is 0 Å². The number of amides is 1. The van der Waals surface area contributed by atoms with Crippen molar-refractivity contribution in [2.75, 3.05) is 13.1 Å². The quantitative estimate of drug-likeness (QED) is 0.832. The second-order valence-corrected chi connectivity index (χ2v) is 8.17. The van der Waals surface area contributed by atoms with Gasteiger partial charge in [0, 0.05) is 23.9 Å². The summed E-state index contributed by atoms with van der Waals surface area (Å²) in [6, 6.07) is 0. The number of rotatable bonds is 3. The summed E-state index contributed by atoms with van der Waals surface area (Å²) in [5.74, 6) is 1.55. The molecule has 0 aromatic carbocycles. The van der Waals surface area contributed by atoms with Crippen LogP contribution in [0.15, 0.2) is 18.6 Å². The second kappa shape index (κ2) is 6.41. The fourth-order valence-corrected chi connectivity index (χ4v) is 4.57. The Bertz CT molecular complexity index is 865. The standard InChI is InChI=1S/C20H25N5O2/c1-14-7-22-25(9-14)10-18(26)24-12-20(13-24)16-8-21-19(23-17(16)11-27-20)15-5-3-2-4-6-15/h7-9,15H,2-6,10-13H2,1H3. The molecule has 1 amide bonds. The number of fused-ring (bicyclic) bond motifs is 2. The van der Waals surface area contributed by atoms with Crippen molar-refractivity contribution in [3.05, 3.63) is 41.2 Å². The van der Waals surface area contributed by atoms with Gasteiger partial charge in [-0.3, -0.25) is 9.48 Å². The molecule has 0 atom stereocenters. The molecule has 2 aromatic heterocycles. The molecule has 7 nitrogen and oxygen atoms in total. The molecule has 142 valence electrons. The molecular weight excluding hydrogens is 342 g/mol. The van der Waals surface area contributed by atoms with Gasteiger partial charge in [0.05, 0.1) is 31.6 Å².